The van der Waals surface area contributed by atoms with E-state index in [9.17, 15) is 9.59 Å². The monoisotopic (exact) mass is 313 g/mol. The fourth-order valence-corrected chi connectivity index (χ4v) is 2.96. The van der Waals surface area contributed by atoms with Gasteiger partial charge in [-0.15, -0.1) is 11.3 Å². The van der Waals surface area contributed by atoms with Crippen molar-refractivity contribution >= 4 is 28.1 Å². The molecule has 112 valence electrons. The summed E-state index contributed by atoms with van der Waals surface area (Å²) in [7, 11) is 0. The molecule has 0 unspecified atom stereocenters. The molecule has 3 rings (SSSR count). The van der Waals surface area contributed by atoms with Crippen molar-refractivity contribution in [3.05, 3.63) is 62.3 Å². The summed E-state index contributed by atoms with van der Waals surface area (Å²) in [6, 6.07) is 8.61. The van der Waals surface area contributed by atoms with E-state index >= 15 is 0 Å². The van der Waals surface area contributed by atoms with Crippen LogP contribution in [-0.4, -0.2) is 22.4 Å². The number of aromatic nitrogens is 2. The smallest absolute Gasteiger partial charge is 0.252 e. The van der Waals surface area contributed by atoms with E-state index in [2.05, 4.69) is 15.3 Å². The Morgan fingerprint density at radius 3 is 2.95 bits per heavy atom. The summed E-state index contributed by atoms with van der Waals surface area (Å²) in [5.41, 5.74) is 1.75. The maximum absolute atomic E-state index is 12.3. The molecule has 0 spiro atoms. The second-order valence-electron chi connectivity index (χ2n) is 4.96. The van der Waals surface area contributed by atoms with E-state index in [1.54, 1.807) is 17.4 Å². The molecule has 2 N–H and O–H groups in total. The van der Waals surface area contributed by atoms with Crippen molar-refractivity contribution in [3.8, 4) is 0 Å². The predicted octanol–water partition coefficient (Wildman–Crippen LogP) is 2.27. The zero-order valence-electron chi connectivity index (χ0n) is 12.1. The van der Waals surface area contributed by atoms with Gasteiger partial charge in [0.25, 0.3) is 5.91 Å². The first-order chi connectivity index (χ1) is 10.6. The Kier molecular flexibility index (Phi) is 4.02. The number of H-pyrrole nitrogens is 1. The summed E-state index contributed by atoms with van der Waals surface area (Å²) in [6.45, 7) is 2.44. The minimum Gasteiger partial charge on any atom is -0.352 e. The van der Waals surface area contributed by atoms with Crippen molar-refractivity contribution in [1.82, 2.24) is 15.3 Å². The molecule has 0 bridgehead atoms. The third-order valence-electron chi connectivity index (χ3n) is 3.33. The number of rotatable bonds is 4. The quantitative estimate of drug-likeness (QED) is 0.776. The third kappa shape index (κ3) is 3.07. The number of amides is 1. The third-order valence-corrected chi connectivity index (χ3v) is 4.15. The molecule has 6 heteroatoms. The molecule has 5 nitrogen and oxygen atoms in total. The molecule has 3 aromatic rings. The highest BCUT2D eigenvalue weighted by Gasteiger charge is 2.11. The highest BCUT2D eigenvalue weighted by Crippen LogP contribution is 2.14. The maximum atomic E-state index is 12.3. The van der Waals surface area contributed by atoms with Gasteiger partial charge in [0.15, 0.2) is 0 Å². The normalized spacial score (nSPS) is 10.8. The predicted molar refractivity (Wildman–Crippen MR) is 87.5 cm³/mol. The van der Waals surface area contributed by atoms with Crippen LogP contribution in [0.4, 0.5) is 0 Å². The Morgan fingerprint density at radius 2 is 2.18 bits per heavy atom. The Morgan fingerprint density at radius 1 is 1.36 bits per heavy atom. The Bertz CT molecular complexity index is 882. The van der Waals surface area contributed by atoms with E-state index in [0.29, 0.717) is 24.0 Å². The topological polar surface area (TPSA) is 74.8 Å². The van der Waals surface area contributed by atoms with Gasteiger partial charge in [0.2, 0.25) is 5.56 Å². The first-order valence-corrected chi connectivity index (χ1v) is 7.83. The number of para-hydroxylation sites is 1. The Labute approximate surface area is 131 Å². The second kappa shape index (κ2) is 6.11. The minimum atomic E-state index is -0.279. The molecule has 0 atom stereocenters. The van der Waals surface area contributed by atoms with Crippen molar-refractivity contribution in [2.24, 2.45) is 0 Å². The average molecular weight is 313 g/mol. The number of fused-ring (bicyclic) bond motifs is 1. The number of benzene rings is 1. The number of nitrogens with zero attached hydrogens (tertiary/aromatic N) is 1. The molecule has 0 radical (unpaired) electrons. The van der Waals surface area contributed by atoms with Crippen LogP contribution >= 0.6 is 11.3 Å². The highest BCUT2D eigenvalue weighted by atomic mass is 32.1. The largest absolute Gasteiger partial charge is 0.352 e. The van der Waals surface area contributed by atoms with Crippen molar-refractivity contribution in [2.45, 2.75) is 13.3 Å². The number of aryl methyl sites for hydroxylation is 1. The van der Waals surface area contributed by atoms with Crippen molar-refractivity contribution < 1.29 is 4.79 Å². The van der Waals surface area contributed by atoms with E-state index < -0.39 is 0 Å². The van der Waals surface area contributed by atoms with Gasteiger partial charge in [0.05, 0.1) is 16.3 Å². The van der Waals surface area contributed by atoms with Crippen LogP contribution in [0.25, 0.3) is 10.9 Å². The average Bonchev–Trinajstić information content (AvgIpc) is 2.91. The van der Waals surface area contributed by atoms with Crippen LogP contribution in [0.2, 0.25) is 0 Å². The van der Waals surface area contributed by atoms with Gasteiger partial charge in [-0.1, -0.05) is 18.2 Å². The highest BCUT2D eigenvalue weighted by molar-refractivity contribution is 7.09. The van der Waals surface area contributed by atoms with Gasteiger partial charge >= 0.3 is 0 Å². The first-order valence-electron chi connectivity index (χ1n) is 6.95. The molecule has 0 aliphatic heterocycles. The van der Waals surface area contributed by atoms with E-state index in [0.717, 1.165) is 16.1 Å². The zero-order chi connectivity index (χ0) is 15.5. The Balaban J connectivity index is 1.76. The van der Waals surface area contributed by atoms with Crippen LogP contribution in [0, 0.1) is 6.92 Å². The van der Waals surface area contributed by atoms with Gasteiger partial charge in [-0.25, -0.2) is 4.98 Å². The molecule has 2 aromatic heterocycles. The number of carbonyl (C=O) groups is 1. The molecule has 1 amide bonds. The van der Waals surface area contributed by atoms with Crippen molar-refractivity contribution in [2.75, 3.05) is 6.54 Å². The summed E-state index contributed by atoms with van der Waals surface area (Å²) in [4.78, 5) is 31.1. The van der Waals surface area contributed by atoms with Gasteiger partial charge in [-0.05, 0) is 13.0 Å². The molecule has 0 fully saturated rings. The lowest BCUT2D eigenvalue weighted by Crippen LogP contribution is -2.27. The summed E-state index contributed by atoms with van der Waals surface area (Å²) >= 11 is 1.59. The molecule has 0 aliphatic rings. The van der Waals surface area contributed by atoms with E-state index in [1.165, 1.54) is 6.07 Å². The lowest BCUT2D eigenvalue weighted by molar-refractivity contribution is 0.0955. The number of hydrogen-bond donors (Lipinski definition) is 2. The number of thiazole rings is 1. The number of hydrogen-bond acceptors (Lipinski definition) is 4. The summed E-state index contributed by atoms with van der Waals surface area (Å²) in [6.07, 6.45) is 0.678. The van der Waals surface area contributed by atoms with E-state index in [1.807, 2.05) is 30.5 Å². The summed E-state index contributed by atoms with van der Waals surface area (Å²) in [5.74, 6) is -0.241. The van der Waals surface area contributed by atoms with Crippen LogP contribution in [0.5, 0.6) is 0 Å². The molecule has 0 saturated heterocycles. The van der Waals surface area contributed by atoms with Crippen molar-refractivity contribution in [3.63, 3.8) is 0 Å². The fourth-order valence-electron chi connectivity index (χ4n) is 2.31. The number of nitrogens with one attached hydrogen (secondary N) is 2. The molecule has 2 heterocycles. The van der Waals surface area contributed by atoms with Gasteiger partial charge in [0, 0.05) is 35.3 Å². The zero-order valence-corrected chi connectivity index (χ0v) is 12.9. The molecule has 0 saturated carbocycles. The van der Waals surface area contributed by atoms with E-state index in [-0.39, 0.29) is 11.5 Å². The minimum absolute atomic E-state index is 0.241. The molecule has 22 heavy (non-hydrogen) atoms. The molecule has 0 aliphatic carbocycles. The maximum Gasteiger partial charge on any atom is 0.252 e. The van der Waals surface area contributed by atoms with Gasteiger partial charge in [-0.3, -0.25) is 9.59 Å². The molecular formula is C16H15N3O2S. The first kappa shape index (κ1) is 14.5. The number of aromatic amines is 1. The van der Waals surface area contributed by atoms with Crippen molar-refractivity contribution in [1.29, 1.82) is 0 Å². The Hall–Kier alpha value is -2.47. The number of carbonyl (C=O) groups excluding carboxylic acids is 1. The SMILES string of the molecule is Cc1nc(CCNC(=O)c2cc(=O)[nH]c3ccccc23)cs1. The van der Waals surface area contributed by atoms with Gasteiger partial charge in [0.1, 0.15) is 0 Å². The van der Waals surface area contributed by atoms with Gasteiger partial charge in [-0.2, -0.15) is 0 Å². The van der Waals surface area contributed by atoms with E-state index in [4.69, 9.17) is 0 Å². The van der Waals surface area contributed by atoms with Crippen LogP contribution in [-0.2, 0) is 6.42 Å². The van der Waals surface area contributed by atoms with Crippen LogP contribution in [0.15, 0.2) is 40.5 Å². The van der Waals surface area contributed by atoms with Crippen LogP contribution < -0.4 is 10.9 Å². The lowest BCUT2D eigenvalue weighted by Gasteiger charge is -2.07. The number of pyridine rings is 1. The van der Waals surface area contributed by atoms with Crippen LogP contribution in [0.3, 0.4) is 0 Å². The van der Waals surface area contributed by atoms with Gasteiger partial charge < -0.3 is 10.3 Å². The fraction of sp³-hybridized carbons (Fsp3) is 0.188. The summed E-state index contributed by atoms with van der Waals surface area (Å²) < 4.78 is 0. The standard InChI is InChI=1S/C16H15N3O2S/c1-10-18-11(9-22-10)6-7-17-16(21)13-8-15(20)19-14-5-3-2-4-12(13)14/h2-5,8-9H,6-7H2,1H3,(H,17,21)(H,19,20). The molecular weight excluding hydrogens is 298 g/mol. The second-order valence-corrected chi connectivity index (χ2v) is 6.02. The van der Waals surface area contributed by atoms with Crippen LogP contribution in [0.1, 0.15) is 21.1 Å². The lowest BCUT2D eigenvalue weighted by atomic mass is 10.1. The summed E-state index contributed by atoms with van der Waals surface area (Å²) in [5, 5.41) is 6.59. The molecule has 1 aromatic carbocycles.